The normalized spacial score (nSPS) is 20.4. The number of likely N-dealkylation sites (tertiary alicyclic amines) is 1. The number of carbonyl (C=O) groups excluding carboxylic acids is 1. The smallest absolute Gasteiger partial charge is 0.254 e. The highest BCUT2D eigenvalue weighted by Crippen LogP contribution is 2.25. The van der Waals surface area contributed by atoms with Crippen LogP contribution < -0.4 is 0 Å². The molecule has 0 radical (unpaired) electrons. The van der Waals surface area contributed by atoms with E-state index in [-0.39, 0.29) is 11.8 Å². The molecule has 0 aliphatic carbocycles. The highest BCUT2D eigenvalue weighted by molar-refractivity contribution is 5.95. The number of hydrogen-bond acceptors (Lipinski definition) is 4. The summed E-state index contributed by atoms with van der Waals surface area (Å²) in [5.41, 5.74) is 4.15. The number of benzene rings is 2. The number of carbonyl (C=O) groups is 1. The Labute approximate surface area is 189 Å². The molecule has 168 valence electrons. The Kier molecular flexibility index (Phi) is 6.56. The second-order valence-corrected chi connectivity index (χ2v) is 9.14. The summed E-state index contributed by atoms with van der Waals surface area (Å²) in [5.74, 6) is 0.394. The van der Waals surface area contributed by atoms with Gasteiger partial charge in [-0.3, -0.25) is 9.69 Å². The van der Waals surface area contributed by atoms with Crippen LogP contribution in [-0.2, 0) is 17.7 Å². The van der Waals surface area contributed by atoms with Gasteiger partial charge in [-0.05, 0) is 61.7 Å². The zero-order valence-electron chi connectivity index (χ0n) is 18.7. The fourth-order valence-electron chi connectivity index (χ4n) is 5.13. The number of ether oxygens (including phenoxy) is 1. The Balaban J connectivity index is 1.32. The first kappa shape index (κ1) is 21.2. The molecule has 5 heteroatoms. The van der Waals surface area contributed by atoms with Crippen LogP contribution in [0.1, 0.15) is 40.7 Å². The predicted octanol–water partition coefficient (Wildman–Crippen LogP) is 4.75. The highest BCUT2D eigenvalue weighted by atomic mass is 16.5. The van der Waals surface area contributed by atoms with Crippen molar-refractivity contribution in [1.29, 1.82) is 0 Å². The van der Waals surface area contributed by atoms with Crippen molar-refractivity contribution in [2.24, 2.45) is 5.92 Å². The number of rotatable bonds is 5. The molecule has 5 rings (SSSR count). The third-order valence-electron chi connectivity index (χ3n) is 6.81. The van der Waals surface area contributed by atoms with E-state index in [0.29, 0.717) is 26.3 Å². The molecule has 3 aromatic rings. The molecule has 0 N–H and O–H groups in total. The van der Waals surface area contributed by atoms with Crippen LogP contribution in [0.2, 0.25) is 0 Å². The largest absolute Gasteiger partial charge is 0.464 e. The van der Waals surface area contributed by atoms with Gasteiger partial charge in [0.25, 0.3) is 5.91 Å². The molecular weight excluding hydrogens is 400 g/mol. The Morgan fingerprint density at radius 2 is 1.78 bits per heavy atom. The van der Waals surface area contributed by atoms with E-state index < -0.39 is 0 Å². The molecule has 0 bridgehead atoms. The summed E-state index contributed by atoms with van der Waals surface area (Å²) >= 11 is 0. The topological polar surface area (TPSA) is 45.9 Å². The van der Waals surface area contributed by atoms with Crippen molar-refractivity contribution >= 4 is 16.9 Å². The van der Waals surface area contributed by atoms with Gasteiger partial charge >= 0.3 is 0 Å². The molecule has 2 fully saturated rings. The molecule has 3 heterocycles. The molecule has 2 saturated heterocycles. The monoisotopic (exact) mass is 432 g/mol. The lowest BCUT2D eigenvalue weighted by Gasteiger charge is -2.28. The van der Waals surface area contributed by atoms with Gasteiger partial charge in [0.15, 0.2) is 0 Å². The third-order valence-corrected chi connectivity index (χ3v) is 6.81. The van der Waals surface area contributed by atoms with Crippen LogP contribution >= 0.6 is 0 Å². The molecule has 1 atom stereocenters. The molecular formula is C27H32N2O3. The SMILES string of the molecule is O=C(c1ccccc1CN1CCCCC1)N1CCOC[C@@H](Cc2cccc3occc23)C1. The van der Waals surface area contributed by atoms with Gasteiger partial charge in [-0.25, -0.2) is 0 Å². The minimum Gasteiger partial charge on any atom is -0.464 e. The number of hydrogen-bond donors (Lipinski definition) is 0. The average Bonchev–Trinajstić information content (AvgIpc) is 3.20. The summed E-state index contributed by atoms with van der Waals surface area (Å²) in [4.78, 5) is 18.1. The van der Waals surface area contributed by atoms with Gasteiger partial charge in [0.2, 0.25) is 0 Å². The fourth-order valence-corrected chi connectivity index (χ4v) is 5.13. The molecule has 32 heavy (non-hydrogen) atoms. The van der Waals surface area contributed by atoms with Crippen molar-refractivity contribution in [3.8, 4) is 0 Å². The van der Waals surface area contributed by atoms with E-state index in [1.54, 1.807) is 6.26 Å². The van der Waals surface area contributed by atoms with E-state index in [9.17, 15) is 4.79 Å². The highest BCUT2D eigenvalue weighted by Gasteiger charge is 2.26. The van der Waals surface area contributed by atoms with Gasteiger partial charge in [0, 0.05) is 36.5 Å². The Morgan fingerprint density at radius 1 is 0.938 bits per heavy atom. The van der Waals surface area contributed by atoms with Crippen LogP contribution in [0, 0.1) is 5.92 Å². The van der Waals surface area contributed by atoms with Crippen LogP contribution in [0.25, 0.3) is 11.0 Å². The first-order valence-corrected chi connectivity index (χ1v) is 11.9. The number of piperidine rings is 1. The van der Waals surface area contributed by atoms with Crippen molar-refractivity contribution in [2.45, 2.75) is 32.2 Å². The first-order valence-electron chi connectivity index (χ1n) is 11.9. The van der Waals surface area contributed by atoms with E-state index >= 15 is 0 Å². The number of furan rings is 1. The van der Waals surface area contributed by atoms with E-state index in [4.69, 9.17) is 9.15 Å². The van der Waals surface area contributed by atoms with E-state index in [2.05, 4.69) is 23.1 Å². The second kappa shape index (κ2) is 9.88. The molecule has 0 unspecified atom stereocenters. The van der Waals surface area contributed by atoms with E-state index in [1.165, 1.54) is 24.8 Å². The van der Waals surface area contributed by atoms with Crippen LogP contribution in [-0.4, -0.2) is 55.1 Å². The second-order valence-electron chi connectivity index (χ2n) is 9.14. The number of fused-ring (bicyclic) bond motifs is 1. The first-order chi connectivity index (χ1) is 15.8. The molecule has 0 spiro atoms. The van der Waals surface area contributed by atoms with Crippen molar-refractivity contribution in [3.63, 3.8) is 0 Å². The molecule has 2 aliphatic heterocycles. The maximum atomic E-state index is 13.6. The van der Waals surface area contributed by atoms with Crippen LogP contribution in [0.3, 0.4) is 0 Å². The Bertz CT molecular complexity index is 1050. The van der Waals surface area contributed by atoms with Gasteiger partial charge in [-0.1, -0.05) is 36.8 Å². The standard InChI is InChI=1S/C27H32N2O3/c30-27(25-9-3-2-7-23(25)19-28-12-4-1-5-13-28)29-14-16-31-20-21(18-29)17-22-8-6-10-26-24(22)11-15-32-26/h2-3,6-11,15,21H,1,4-5,12-14,16-20H2/t21-/m0/s1. The fraction of sp³-hybridized carbons (Fsp3) is 0.444. The van der Waals surface area contributed by atoms with E-state index in [0.717, 1.165) is 48.2 Å². The van der Waals surface area contributed by atoms with Crippen molar-refractivity contribution < 1.29 is 13.9 Å². The lowest BCUT2D eigenvalue weighted by molar-refractivity contribution is 0.0734. The zero-order chi connectivity index (χ0) is 21.8. The molecule has 1 aromatic heterocycles. The molecule has 0 saturated carbocycles. The molecule has 2 aromatic carbocycles. The summed E-state index contributed by atoms with van der Waals surface area (Å²) in [7, 11) is 0. The predicted molar refractivity (Wildman–Crippen MR) is 126 cm³/mol. The van der Waals surface area contributed by atoms with Crippen molar-refractivity contribution in [1.82, 2.24) is 9.80 Å². The molecule has 2 aliphatic rings. The quantitative estimate of drug-likeness (QED) is 0.584. The summed E-state index contributed by atoms with van der Waals surface area (Å²) < 4.78 is 11.5. The lowest BCUT2D eigenvalue weighted by atomic mass is 9.96. The number of nitrogens with zero attached hydrogens (tertiary/aromatic N) is 2. The maximum absolute atomic E-state index is 13.6. The van der Waals surface area contributed by atoms with Crippen LogP contribution in [0.4, 0.5) is 0 Å². The third kappa shape index (κ3) is 4.74. The van der Waals surface area contributed by atoms with Crippen LogP contribution in [0.5, 0.6) is 0 Å². The van der Waals surface area contributed by atoms with Gasteiger partial charge in [-0.15, -0.1) is 0 Å². The van der Waals surface area contributed by atoms with Crippen LogP contribution in [0.15, 0.2) is 59.2 Å². The summed E-state index contributed by atoms with van der Waals surface area (Å²) in [6.07, 6.45) is 6.44. The zero-order valence-corrected chi connectivity index (χ0v) is 18.7. The average molecular weight is 433 g/mol. The van der Waals surface area contributed by atoms with Crippen molar-refractivity contribution in [2.75, 3.05) is 39.4 Å². The van der Waals surface area contributed by atoms with Gasteiger partial charge in [0.1, 0.15) is 5.58 Å². The van der Waals surface area contributed by atoms with Crippen molar-refractivity contribution in [3.05, 3.63) is 71.5 Å². The Hall–Kier alpha value is -2.63. The summed E-state index contributed by atoms with van der Waals surface area (Å²) in [6.45, 7) is 5.73. The number of amides is 1. The maximum Gasteiger partial charge on any atom is 0.254 e. The van der Waals surface area contributed by atoms with Gasteiger partial charge < -0.3 is 14.1 Å². The lowest BCUT2D eigenvalue weighted by Crippen LogP contribution is -2.37. The molecule has 5 nitrogen and oxygen atoms in total. The Morgan fingerprint density at radius 3 is 2.69 bits per heavy atom. The minimum absolute atomic E-state index is 0.134. The summed E-state index contributed by atoms with van der Waals surface area (Å²) in [6, 6.07) is 16.4. The van der Waals surface area contributed by atoms with E-state index in [1.807, 2.05) is 35.2 Å². The summed E-state index contributed by atoms with van der Waals surface area (Å²) in [5, 5.41) is 1.15. The molecule has 1 amide bonds. The van der Waals surface area contributed by atoms with Gasteiger partial charge in [-0.2, -0.15) is 0 Å². The minimum atomic E-state index is 0.134. The van der Waals surface area contributed by atoms with Gasteiger partial charge in [0.05, 0.1) is 19.5 Å².